The van der Waals surface area contributed by atoms with E-state index in [1.165, 1.54) is 11.0 Å². The number of fused-ring (bicyclic) bond motifs is 2. The van der Waals surface area contributed by atoms with Crippen LogP contribution >= 0.6 is 0 Å². The van der Waals surface area contributed by atoms with E-state index in [1.54, 1.807) is 20.8 Å². The van der Waals surface area contributed by atoms with Gasteiger partial charge in [-0.1, -0.05) is 6.08 Å². The summed E-state index contributed by atoms with van der Waals surface area (Å²) >= 11 is 0. The average Bonchev–Trinajstić information content (AvgIpc) is 2.68. The Morgan fingerprint density at radius 2 is 2.09 bits per heavy atom. The molecule has 0 aromatic rings. The highest BCUT2D eigenvalue weighted by Gasteiger charge is 2.48. The number of rotatable bonds is 5. The monoisotopic (exact) mass is 315 g/mol. The van der Waals surface area contributed by atoms with Crippen LogP contribution in [0.25, 0.3) is 0 Å². The molecule has 3 amide bonds. The van der Waals surface area contributed by atoms with Crippen LogP contribution in [-0.2, 0) is 19.2 Å². The van der Waals surface area contributed by atoms with E-state index in [4.69, 9.17) is 10.6 Å². The molecule has 3 atom stereocenters. The first-order chi connectivity index (χ1) is 10.2. The largest absolute Gasteiger partial charge is 0.459 e. The molecule has 2 bridgehead atoms. The van der Waals surface area contributed by atoms with Crippen molar-refractivity contribution in [3.63, 3.8) is 0 Å². The van der Waals surface area contributed by atoms with Crippen molar-refractivity contribution < 1.29 is 28.3 Å². The number of nitrogens with zero attached hydrogens (tertiary/aromatic N) is 2. The second kappa shape index (κ2) is 5.91. The number of primary amides is 1. The first kappa shape index (κ1) is 16.2. The maximum absolute atomic E-state index is 13.8. The number of urea groups is 1. The van der Waals surface area contributed by atoms with Gasteiger partial charge in [0.25, 0.3) is 0 Å². The molecule has 1 saturated heterocycles. The van der Waals surface area contributed by atoms with Crippen LogP contribution in [0, 0.1) is 0 Å². The fourth-order valence-electron chi connectivity index (χ4n) is 2.39. The molecule has 0 spiro atoms. The summed E-state index contributed by atoms with van der Waals surface area (Å²) in [5.41, 5.74) is 5.88. The van der Waals surface area contributed by atoms with E-state index in [-0.39, 0.29) is 6.54 Å². The van der Waals surface area contributed by atoms with Crippen molar-refractivity contribution in [3.8, 4) is 0 Å². The molecular weight excluding hydrogens is 297 g/mol. The van der Waals surface area contributed by atoms with E-state index in [1.807, 2.05) is 0 Å². The molecule has 0 saturated carbocycles. The molecule has 8 nitrogen and oxygen atoms in total. The van der Waals surface area contributed by atoms with Gasteiger partial charge in [-0.2, -0.15) is 5.06 Å². The zero-order valence-corrected chi connectivity index (χ0v) is 12.5. The number of carbonyl (C=O) groups excluding carboxylic acids is 3. The summed E-state index contributed by atoms with van der Waals surface area (Å²) in [6.45, 7) is 4.94. The molecule has 0 aromatic carbocycles. The molecule has 2 heterocycles. The number of hydroxylamine groups is 2. The maximum atomic E-state index is 13.8. The molecule has 1 unspecified atom stereocenters. The summed E-state index contributed by atoms with van der Waals surface area (Å²) in [4.78, 5) is 41.0. The summed E-state index contributed by atoms with van der Waals surface area (Å²) in [6.07, 6.45) is -1.41. The Hall–Kier alpha value is -2.16. The second-order valence-electron chi connectivity index (χ2n) is 5.44. The number of hydrogen-bond donors (Lipinski definition) is 1. The second-order valence-corrected chi connectivity index (χ2v) is 5.44. The Bertz CT molecular complexity index is 536. The van der Waals surface area contributed by atoms with Gasteiger partial charge in [-0.05, 0) is 26.3 Å². The smallest absolute Gasteiger partial charge is 0.371 e. The van der Waals surface area contributed by atoms with Gasteiger partial charge < -0.3 is 15.4 Å². The molecule has 0 aromatic heterocycles. The van der Waals surface area contributed by atoms with Crippen LogP contribution in [0.2, 0.25) is 0 Å². The van der Waals surface area contributed by atoms with Crippen LogP contribution in [0.4, 0.5) is 9.18 Å². The summed E-state index contributed by atoms with van der Waals surface area (Å²) in [7, 11) is 0. The zero-order valence-electron chi connectivity index (χ0n) is 12.5. The van der Waals surface area contributed by atoms with E-state index in [2.05, 4.69) is 4.74 Å². The average molecular weight is 315 g/mol. The van der Waals surface area contributed by atoms with Gasteiger partial charge in [0.05, 0.1) is 12.6 Å². The summed E-state index contributed by atoms with van der Waals surface area (Å²) in [5.74, 6) is -1.91. The predicted molar refractivity (Wildman–Crippen MR) is 71.7 cm³/mol. The lowest BCUT2D eigenvalue weighted by molar-refractivity contribution is -0.226. The highest BCUT2D eigenvalue weighted by molar-refractivity contribution is 5.90. The first-order valence-electron chi connectivity index (χ1n) is 6.81. The number of carbonyl (C=O) groups is 3. The van der Waals surface area contributed by atoms with Crippen LogP contribution in [-0.4, -0.2) is 59.0 Å². The van der Waals surface area contributed by atoms with Gasteiger partial charge in [0, 0.05) is 0 Å². The fraction of sp³-hybridized carbons (Fsp3) is 0.615. The van der Waals surface area contributed by atoms with Crippen LogP contribution in [0.5, 0.6) is 0 Å². The molecule has 0 radical (unpaired) electrons. The molecule has 2 N–H and O–H groups in total. The van der Waals surface area contributed by atoms with Crippen molar-refractivity contribution in [1.82, 2.24) is 9.96 Å². The van der Waals surface area contributed by atoms with Gasteiger partial charge in [0.1, 0.15) is 12.1 Å². The lowest BCUT2D eigenvalue weighted by Crippen LogP contribution is -2.46. The third-order valence-corrected chi connectivity index (χ3v) is 3.40. The van der Waals surface area contributed by atoms with Gasteiger partial charge in [-0.25, -0.2) is 18.8 Å². The Morgan fingerprint density at radius 3 is 2.64 bits per heavy atom. The summed E-state index contributed by atoms with van der Waals surface area (Å²) in [6, 6.07) is -2.20. The highest BCUT2D eigenvalue weighted by Crippen LogP contribution is 2.30. The Kier molecular flexibility index (Phi) is 4.36. The normalized spacial score (nSPS) is 25.3. The minimum atomic E-state index is -2.42. The number of alkyl halides is 1. The van der Waals surface area contributed by atoms with E-state index >= 15 is 0 Å². The van der Waals surface area contributed by atoms with Crippen LogP contribution in [0.15, 0.2) is 11.6 Å². The molecule has 0 aliphatic carbocycles. The van der Waals surface area contributed by atoms with Crippen LogP contribution in [0.1, 0.15) is 20.8 Å². The Labute approximate surface area is 126 Å². The molecule has 22 heavy (non-hydrogen) atoms. The molecule has 2 aliphatic rings. The molecule has 122 valence electrons. The number of hydrogen-bond acceptors (Lipinski definition) is 5. The SMILES string of the molecule is CC1=C[C@@H](C(N)=O)N2C[C@@H]1N(OC(F)C(=O)OC(C)C)C2=O. The van der Waals surface area contributed by atoms with Crippen molar-refractivity contribution in [1.29, 1.82) is 0 Å². The van der Waals surface area contributed by atoms with Gasteiger partial charge in [-0.15, -0.1) is 0 Å². The molecule has 2 aliphatic heterocycles. The van der Waals surface area contributed by atoms with Gasteiger partial charge >= 0.3 is 18.4 Å². The van der Waals surface area contributed by atoms with Crippen molar-refractivity contribution in [2.45, 2.75) is 45.3 Å². The fourth-order valence-corrected chi connectivity index (χ4v) is 2.39. The topological polar surface area (TPSA) is 102 Å². The van der Waals surface area contributed by atoms with Crippen molar-refractivity contribution in [2.75, 3.05) is 6.54 Å². The van der Waals surface area contributed by atoms with Crippen molar-refractivity contribution in [2.24, 2.45) is 5.73 Å². The molecule has 9 heteroatoms. The number of halogens is 1. The van der Waals surface area contributed by atoms with E-state index in [0.717, 1.165) is 5.06 Å². The van der Waals surface area contributed by atoms with Gasteiger partial charge in [0.15, 0.2) is 0 Å². The lowest BCUT2D eigenvalue weighted by Gasteiger charge is -2.26. The van der Waals surface area contributed by atoms with Crippen molar-refractivity contribution >= 4 is 17.9 Å². The lowest BCUT2D eigenvalue weighted by atomic mass is 10.0. The van der Waals surface area contributed by atoms with E-state index in [0.29, 0.717) is 5.57 Å². The third-order valence-electron chi connectivity index (χ3n) is 3.40. The minimum absolute atomic E-state index is 0.140. The predicted octanol–water partition coefficient (Wildman–Crippen LogP) is 0.0852. The Balaban J connectivity index is 2.11. The number of amides is 3. The summed E-state index contributed by atoms with van der Waals surface area (Å²) in [5, 5.41) is 0.751. The van der Waals surface area contributed by atoms with Crippen LogP contribution in [0.3, 0.4) is 0 Å². The highest BCUT2D eigenvalue weighted by atomic mass is 19.1. The van der Waals surface area contributed by atoms with Crippen LogP contribution < -0.4 is 5.73 Å². The maximum Gasteiger partial charge on any atom is 0.371 e. The number of esters is 1. The standard InChI is InChI=1S/C13H18FN3O5/c1-6(2)21-12(19)10(14)22-17-9-5-16(13(17)20)8(11(15)18)4-7(9)3/h4,6,8-10H,5H2,1-3H3,(H2,15,18)/t8-,9-,10?/m0/s1. The third kappa shape index (κ3) is 2.89. The molecule has 1 fully saturated rings. The van der Waals surface area contributed by atoms with E-state index in [9.17, 15) is 18.8 Å². The quantitative estimate of drug-likeness (QED) is 0.572. The van der Waals surface area contributed by atoms with Gasteiger partial charge in [-0.3, -0.25) is 4.79 Å². The Morgan fingerprint density at radius 1 is 1.45 bits per heavy atom. The zero-order chi connectivity index (χ0) is 16.6. The minimum Gasteiger partial charge on any atom is -0.459 e. The number of ether oxygens (including phenoxy) is 1. The molecule has 2 rings (SSSR count). The van der Waals surface area contributed by atoms with Gasteiger partial charge in [0.2, 0.25) is 5.91 Å². The van der Waals surface area contributed by atoms with E-state index < -0.39 is 42.5 Å². The first-order valence-corrected chi connectivity index (χ1v) is 6.81. The summed E-state index contributed by atoms with van der Waals surface area (Å²) < 4.78 is 18.5. The molecular formula is C13H18FN3O5. The number of nitrogens with two attached hydrogens (primary N) is 1. The van der Waals surface area contributed by atoms with Crippen molar-refractivity contribution in [3.05, 3.63) is 11.6 Å².